The monoisotopic (exact) mass is 1120 g/mol. The van der Waals surface area contributed by atoms with E-state index in [2.05, 4.69) is 16.0 Å². The van der Waals surface area contributed by atoms with Gasteiger partial charge in [-0.15, -0.1) is 0 Å². The van der Waals surface area contributed by atoms with Crippen LogP contribution in [-0.2, 0) is 62.6 Å². The van der Waals surface area contributed by atoms with E-state index in [9.17, 15) is 33.9 Å². The number of fused-ring (bicyclic) bond motifs is 3. The topological polar surface area (TPSA) is 221 Å². The first-order valence-electron chi connectivity index (χ1n) is 28.2. The molecule has 1 saturated heterocycles. The third-order valence-electron chi connectivity index (χ3n) is 16.0. The molecule has 4 amide bonds. The zero-order valence-electron chi connectivity index (χ0n) is 49.2. The van der Waals surface area contributed by atoms with Crippen molar-refractivity contribution in [2.75, 3.05) is 48.6 Å². The molecular weight excluding hydrogens is 1030 g/mol. The van der Waals surface area contributed by atoms with Crippen molar-refractivity contribution in [1.82, 2.24) is 25.8 Å². The Bertz CT molecular complexity index is 2770. The number of rotatable bonds is 29. The maximum Gasteiger partial charge on any atom is 0.410 e. The highest BCUT2D eigenvalue weighted by molar-refractivity contribution is 5.92. The number of nitrogens with zero attached hydrogens (tertiary/aromatic N) is 2. The lowest BCUT2D eigenvalue weighted by molar-refractivity contribution is -0.150. The molecule has 4 N–H and O–H groups in total. The van der Waals surface area contributed by atoms with Crippen molar-refractivity contribution in [3.8, 4) is 22.6 Å². The molecule has 2 aliphatic rings. The fraction of sp³-hybridized carbons (Fsp3) is 0.524. The predicted molar refractivity (Wildman–Crippen MR) is 307 cm³/mol. The summed E-state index contributed by atoms with van der Waals surface area (Å²) < 4.78 is 35.5. The number of esters is 1. The highest BCUT2D eigenvalue weighted by Gasteiger charge is 2.41. The molecule has 0 radical (unpaired) electrons. The fourth-order valence-corrected chi connectivity index (χ4v) is 11.3. The van der Waals surface area contributed by atoms with E-state index in [1.165, 1.54) is 24.0 Å². The van der Waals surface area contributed by atoms with Crippen LogP contribution in [0.1, 0.15) is 108 Å². The van der Waals surface area contributed by atoms with Crippen LogP contribution in [0.3, 0.4) is 0 Å². The summed E-state index contributed by atoms with van der Waals surface area (Å²) in [6.45, 7) is 13.7. The molecule has 1 fully saturated rings. The summed E-state index contributed by atoms with van der Waals surface area (Å²) in [6, 6.07) is 25.1. The summed E-state index contributed by atoms with van der Waals surface area (Å²) in [6.07, 6.45) is 0.571. The Balaban J connectivity index is 1.15. The highest BCUT2D eigenvalue weighted by Crippen LogP contribution is 2.45. The summed E-state index contributed by atoms with van der Waals surface area (Å²) in [5.74, 6) is -3.73. The van der Waals surface area contributed by atoms with E-state index in [4.69, 9.17) is 28.4 Å². The number of carbonyl (C=O) groups is 6. The van der Waals surface area contributed by atoms with Crippen LogP contribution in [0.2, 0.25) is 0 Å². The number of amides is 4. The molecule has 10 atom stereocenters. The van der Waals surface area contributed by atoms with Gasteiger partial charge in [0.25, 0.3) is 0 Å². The Morgan fingerprint density at radius 2 is 1.44 bits per heavy atom. The van der Waals surface area contributed by atoms with E-state index in [1.54, 1.807) is 39.5 Å². The quantitative estimate of drug-likeness (QED) is 0.0377. The molecule has 1 aliphatic carbocycles. The molecule has 6 rings (SSSR count). The van der Waals surface area contributed by atoms with Gasteiger partial charge in [-0.2, -0.15) is 0 Å². The summed E-state index contributed by atoms with van der Waals surface area (Å²) in [5, 5.41) is 19.0. The van der Waals surface area contributed by atoms with Gasteiger partial charge in [-0.3, -0.25) is 24.1 Å². The number of hydrogen-bond donors (Lipinski definition) is 4. The number of carboxylic acid groups (broad SMARTS) is 1. The van der Waals surface area contributed by atoms with Gasteiger partial charge in [0, 0.05) is 58.3 Å². The lowest BCUT2D eigenvalue weighted by atomic mass is 9.90. The molecule has 1 heterocycles. The highest BCUT2D eigenvalue weighted by atomic mass is 16.6. The number of methoxy groups -OCH3 is 3. The predicted octanol–water partition coefficient (Wildman–Crippen LogP) is 8.16. The Morgan fingerprint density at radius 1 is 0.741 bits per heavy atom. The number of aliphatic carboxylic acids is 1. The van der Waals surface area contributed by atoms with E-state index in [1.807, 2.05) is 121 Å². The van der Waals surface area contributed by atoms with Crippen LogP contribution < -0.4 is 25.4 Å². The van der Waals surface area contributed by atoms with Crippen LogP contribution in [0.25, 0.3) is 11.1 Å². The van der Waals surface area contributed by atoms with Crippen molar-refractivity contribution in [2.24, 2.45) is 23.7 Å². The number of nitrogens with one attached hydrogen (secondary N) is 3. The Labute approximate surface area is 477 Å². The SMILES string of the molecule is CC[C@H](C)[C@@H]([C@@H](CC(=O)O)OC)N(C)C(=O)[C@@H](NC(=O)[C@H](C(C)C)N(C)C(=O)OCC1c2ccccc2-c2ccc(COc3cc(OC)ccc3COC(=O)[C@H](Cc3ccccc3)NC(=O)[C@H](C)[C@@H](OC)[C@@H]3CCCN3)cc21)C(C)C. The van der Waals surface area contributed by atoms with Crippen molar-refractivity contribution < 1.29 is 62.3 Å². The van der Waals surface area contributed by atoms with Crippen molar-refractivity contribution in [3.05, 3.63) is 119 Å². The second-order valence-corrected chi connectivity index (χ2v) is 22.2. The maximum absolute atomic E-state index is 14.3. The zero-order valence-corrected chi connectivity index (χ0v) is 49.2. The van der Waals surface area contributed by atoms with Gasteiger partial charge < -0.3 is 54.4 Å². The Kier molecular flexibility index (Phi) is 23.1. The van der Waals surface area contributed by atoms with Crippen molar-refractivity contribution in [2.45, 2.75) is 142 Å². The largest absolute Gasteiger partial charge is 0.497 e. The molecule has 1 aliphatic heterocycles. The molecule has 0 bridgehead atoms. The number of ether oxygens (including phenoxy) is 6. The minimum Gasteiger partial charge on any atom is -0.497 e. The second-order valence-electron chi connectivity index (χ2n) is 22.2. The number of hydrogen-bond acceptors (Lipinski definition) is 13. The van der Waals surface area contributed by atoms with Crippen LogP contribution in [-0.4, -0.2) is 142 Å². The number of benzene rings is 4. The van der Waals surface area contributed by atoms with E-state index < -0.39 is 66.0 Å². The van der Waals surface area contributed by atoms with Crippen LogP contribution in [0.15, 0.2) is 91.0 Å². The summed E-state index contributed by atoms with van der Waals surface area (Å²) in [7, 11) is 7.69. The standard InChI is InChI=1S/C63H85N5O13/c1-13-39(6)57(53(77-11)33-54(69)70)67(8)61(73)55(37(2)3)66-60(72)56(38(4)5)68(9)63(75)81-36-49-46-23-18-17-22-45(46)47-28-25-42(30-48(47)49)34-79-52-32-44(76-10)27-26-43(52)35-80-62(74)51(31-41-20-15-14-16-21-41)65-59(71)40(7)58(78-12)50-24-19-29-64-50/h14-18,20-23,25-28,30,32,37-40,49-51,53,55-58,64H,13,19,24,29,31,33-36H2,1-12H3,(H,65,71)(H,66,72)(H,69,70)/t39-,40+,49?,50-,51-,53+,55-,56-,57-,58+/m0/s1. The van der Waals surface area contributed by atoms with E-state index >= 15 is 0 Å². The molecule has 0 aromatic heterocycles. The van der Waals surface area contributed by atoms with Gasteiger partial charge in [0.1, 0.15) is 49.4 Å². The fourth-order valence-electron chi connectivity index (χ4n) is 11.3. The molecule has 18 heteroatoms. The van der Waals surface area contributed by atoms with Crippen molar-refractivity contribution in [1.29, 1.82) is 0 Å². The maximum atomic E-state index is 14.3. The van der Waals surface area contributed by atoms with Gasteiger partial charge in [-0.25, -0.2) is 9.59 Å². The minimum absolute atomic E-state index is 0.0298. The van der Waals surface area contributed by atoms with E-state index in [-0.39, 0.29) is 74.4 Å². The first-order chi connectivity index (χ1) is 38.7. The van der Waals surface area contributed by atoms with Gasteiger partial charge in [0.2, 0.25) is 17.7 Å². The van der Waals surface area contributed by atoms with E-state index in [0.29, 0.717) is 23.5 Å². The molecule has 440 valence electrons. The molecule has 0 spiro atoms. The average molecular weight is 1120 g/mol. The Morgan fingerprint density at radius 3 is 2.07 bits per heavy atom. The Hall–Kier alpha value is -7.02. The van der Waals surface area contributed by atoms with E-state index in [0.717, 1.165) is 52.8 Å². The normalized spacial score (nSPS) is 17.5. The van der Waals surface area contributed by atoms with Crippen LogP contribution in [0.5, 0.6) is 11.5 Å². The van der Waals surface area contributed by atoms with Gasteiger partial charge in [-0.1, -0.05) is 128 Å². The summed E-state index contributed by atoms with van der Waals surface area (Å²) in [5.41, 5.74) is 6.10. The molecule has 1 unspecified atom stereocenters. The van der Waals surface area contributed by atoms with Crippen molar-refractivity contribution in [3.63, 3.8) is 0 Å². The third-order valence-corrected chi connectivity index (χ3v) is 16.0. The summed E-state index contributed by atoms with van der Waals surface area (Å²) >= 11 is 0. The first kappa shape index (κ1) is 63.2. The molecule has 18 nitrogen and oxygen atoms in total. The van der Waals surface area contributed by atoms with Gasteiger partial charge in [0.05, 0.1) is 37.7 Å². The van der Waals surface area contributed by atoms with Gasteiger partial charge >= 0.3 is 18.0 Å². The molecule has 4 aromatic carbocycles. The lowest BCUT2D eigenvalue weighted by Gasteiger charge is -2.40. The summed E-state index contributed by atoms with van der Waals surface area (Å²) in [4.78, 5) is 85.0. The molecule has 0 saturated carbocycles. The van der Waals surface area contributed by atoms with Gasteiger partial charge in [0.15, 0.2) is 0 Å². The zero-order chi connectivity index (χ0) is 59.1. The van der Waals surface area contributed by atoms with Gasteiger partial charge in [-0.05, 0) is 82.7 Å². The van der Waals surface area contributed by atoms with Crippen molar-refractivity contribution >= 4 is 35.8 Å². The number of likely N-dealkylation sites (N-methyl/N-ethyl adjacent to an activating group) is 2. The minimum atomic E-state index is -1.05. The second kappa shape index (κ2) is 29.6. The molecular formula is C63H85N5O13. The number of carbonyl (C=O) groups excluding carboxylic acids is 5. The van der Waals surface area contributed by atoms with Crippen LogP contribution >= 0.6 is 0 Å². The first-order valence-corrected chi connectivity index (χ1v) is 28.2. The smallest absolute Gasteiger partial charge is 0.410 e. The van der Waals surface area contributed by atoms with Crippen LogP contribution in [0, 0.1) is 23.7 Å². The molecule has 4 aromatic rings. The average Bonchev–Trinajstić information content (AvgIpc) is 4.32. The third kappa shape index (κ3) is 15.9. The lowest BCUT2D eigenvalue weighted by Crippen LogP contribution is -2.60. The van der Waals surface area contributed by atoms with Crippen LogP contribution in [0.4, 0.5) is 4.79 Å². The number of carboxylic acids is 1. The molecule has 81 heavy (non-hydrogen) atoms.